The molecular weight excluding hydrogens is 1110 g/mol. The van der Waals surface area contributed by atoms with Crippen molar-refractivity contribution in [1.29, 1.82) is 0 Å². The maximum absolute atomic E-state index is 13.0. The molecule has 0 saturated carbocycles. The number of carbonyl (C=O) groups excluding carboxylic acids is 4. The molecule has 0 bridgehead atoms. The van der Waals surface area contributed by atoms with Crippen molar-refractivity contribution in [2.24, 2.45) is 17.8 Å². The van der Waals surface area contributed by atoms with Crippen LogP contribution in [0.2, 0.25) is 0 Å². The van der Waals surface area contributed by atoms with Gasteiger partial charge in [0.2, 0.25) is 0 Å². The molecule has 3 N–H and O–H groups in total. The van der Waals surface area contributed by atoms with Crippen LogP contribution in [-0.4, -0.2) is 96.7 Å². The SMILES string of the molecule is CCCCCCCCCC(=O)OC[C@H](COP(=O)(O)OC[C@H](O)COP(=O)(O)OC[C@@H](COC(=O)CCCCCCCCCCC(C)CC)OC(=O)CCCCCCCCCCCCCCC(C)C)OC(=O)CCCCCCCCCC(C)C. The van der Waals surface area contributed by atoms with Gasteiger partial charge < -0.3 is 33.8 Å². The van der Waals surface area contributed by atoms with E-state index in [4.69, 9.17) is 37.0 Å². The van der Waals surface area contributed by atoms with Gasteiger partial charge in [0, 0.05) is 25.7 Å². The number of phosphoric acid groups is 2. The molecule has 0 aliphatic rings. The standard InChI is InChI=1S/C65H126O17P2/c1-8-10-11-12-22-32-39-46-62(67)75-52-60(82-65(70)49-42-35-28-21-24-30-37-44-57(5)6)54-79-83(71,72)77-50-59(66)51-78-84(73,74)80-55-61(53-76-63(68)47-40-33-26-20-19-25-31-38-45-58(7)9-2)81-64(69)48-41-34-27-18-16-14-13-15-17-23-29-36-43-56(3)4/h56-61,66H,8-55H2,1-7H3,(H,71,72)(H,73,74)/t58?,59-,60+,61+/m0/s1. The van der Waals surface area contributed by atoms with Gasteiger partial charge in [-0.1, -0.05) is 267 Å². The Kier molecular flexibility index (Phi) is 55.0. The van der Waals surface area contributed by atoms with Crippen LogP contribution in [0.3, 0.4) is 0 Å². The predicted molar refractivity (Wildman–Crippen MR) is 335 cm³/mol. The summed E-state index contributed by atoms with van der Waals surface area (Å²) in [7, 11) is -9.89. The van der Waals surface area contributed by atoms with E-state index in [-0.39, 0.29) is 25.7 Å². The minimum Gasteiger partial charge on any atom is -0.462 e. The van der Waals surface area contributed by atoms with Crippen molar-refractivity contribution in [1.82, 2.24) is 0 Å². The molecule has 0 heterocycles. The van der Waals surface area contributed by atoms with E-state index in [2.05, 4.69) is 48.5 Å². The molecule has 0 amide bonds. The average Bonchev–Trinajstić information content (AvgIpc) is 3.54. The lowest BCUT2D eigenvalue weighted by molar-refractivity contribution is -0.161. The Labute approximate surface area is 511 Å². The molecule has 498 valence electrons. The molecule has 0 aromatic rings. The maximum Gasteiger partial charge on any atom is 0.472 e. The summed E-state index contributed by atoms with van der Waals surface area (Å²) in [6.45, 7) is 11.7. The second-order valence-corrected chi connectivity index (χ2v) is 27.6. The average molecular weight is 1240 g/mol. The number of hydrogen-bond acceptors (Lipinski definition) is 15. The third-order valence-corrected chi connectivity index (χ3v) is 17.1. The van der Waals surface area contributed by atoms with E-state index in [1.54, 1.807) is 0 Å². The van der Waals surface area contributed by atoms with Gasteiger partial charge >= 0.3 is 39.5 Å². The third kappa shape index (κ3) is 57.8. The smallest absolute Gasteiger partial charge is 0.462 e. The Morgan fingerprint density at radius 3 is 0.905 bits per heavy atom. The fraction of sp³-hybridized carbons (Fsp3) is 0.938. The van der Waals surface area contributed by atoms with E-state index in [0.717, 1.165) is 115 Å². The summed E-state index contributed by atoms with van der Waals surface area (Å²) in [5.41, 5.74) is 0. The fourth-order valence-corrected chi connectivity index (χ4v) is 11.2. The molecular formula is C65H126O17P2. The molecule has 6 atom stereocenters. The molecule has 0 aromatic heterocycles. The highest BCUT2D eigenvalue weighted by molar-refractivity contribution is 7.47. The van der Waals surface area contributed by atoms with Crippen LogP contribution >= 0.6 is 15.6 Å². The number of rotatable bonds is 63. The highest BCUT2D eigenvalue weighted by Crippen LogP contribution is 2.45. The first kappa shape index (κ1) is 82.1. The van der Waals surface area contributed by atoms with Gasteiger partial charge in [-0.15, -0.1) is 0 Å². The van der Waals surface area contributed by atoms with Crippen LogP contribution in [0, 0.1) is 17.8 Å². The molecule has 19 heteroatoms. The zero-order valence-electron chi connectivity index (χ0n) is 54.4. The quantitative estimate of drug-likeness (QED) is 0.0222. The van der Waals surface area contributed by atoms with Gasteiger partial charge in [0.1, 0.15) is 19.3 Å². The van der Waals surface area contributed by atoms with Gasteiger partial charge in [-0.2, -0.15) is 0 Å². The Morgan fingerprint density at radius 1 is 0.345 bits per heavy atom. The van der Waals surface area contributed by atoms with Crippen LogP contribution < -0.4 is 0 Å². The number of phosphoric ester groups is 2. The van der Waals surface area contributed by atoms with E-state index in [9.17, 15) is 43.2 Å². The van der Waals surface area contributed by atoms with Crippen molar-refractivity contribution in [2.75, 3.05) is 39.6 Å². The van der Waals surface area contributed by atoms with E-state index in [0.29, 0.717) is 31.6 Å². The fourth-order valence-electron chi connectivity index (χ4n) is 9.62. The Bertz CT molecular complexity index is 1670. The lowest BCUT2D eigenvalue weighted by Gasteiger charge is -2.21. The molecule has 17 nitrogen and oxygen atoms in total. The topological polar surface area (TPSA) is 237 Å². The van der Waals surface area contributed by atoms with Gasteiger partial charge in [-0.3, -0.25) is 37.3 Å². The van der Waals surface area contributed by atoms with Gasteiger partial charge in [-0.05, 0) is 43.4 Å². The normalized spacial score (nSPS) is 14.7. The first-order valence-electron chi connectivity index (χ1n) is 33.9. The van der Waals surface area contributed by atoms with Gasteiger partial charge in [0.25, 0.3) is 0 Å². The number of unbranched alkanes of at least 4 members (excludes halogenated alkanes) is 30. The van der Waals surface area contributed by atoms with Gasteiger partial charge in [-0.25, -0.2) is 9.13 Å². The third-order valence-electron chi connectivity index (χ3n) is 15.2. The molecule has 0 rings (SSSR count). The van der Waals surface area contributed by atoms with Crippen LogP contribution in [0.15, 0.2) is 0 Å². The number of hydrogen-bond donors (Lipinski definition) is 3. The number of ether oxygens (including phenoxy) is 4. The van der Waals surface area contributed by atoms with Gasteiger partial charge in [0.05, 0.1) is 26.4 Å². The Morgan fingerprint density at radius 2 is 0.607 bits per heavy atom. The second kappa shape index (κ2) is 56.3. The lowest BCUT2D eigenvalue weighted by Crippen LogP contribution is -2.30. The van der Waals surface area contributed by atoms with E-state index in [1.165, 1.54) is 116 Å². The number of esters is 4. The van der Waals surface area contributed by atoms with Crippen molar-refractivity contribution in [3.05, 3.63) is 0 Å². The summed E-state index contributed by atoms with van der Waals surface area (Å²) in [4.78, 5) is 72.2. The van der Waals surface area contributed by atoms with E-state index < -0.39 is 97.5 Å². The largest absolute Gasteiger partial charge is 0.472 e. The summed E-state index contributed by atoms with van der Waals surface area (Å²) in [6, 6.07) is 0. The number of aliphatic hydroxyl groups is 1. The molecule has 0 spiro atoms. The summed E-state index contributed by atoms with van der Waals surface area (Å²) in [6.07, 6.45) is 37.7. The number of carbonyl (C=O) groups is 4. The van der Waals surface area contributed by atoms with Crippen LogP contribution in [0.4, 0.5) is 0 Å². The summed E-state index contributed by atoms with van der Waals surface area (Å²) in [5, 5.41) is 10.5. The monoisotopic (exact) mass is 1240 g/mol. The Balaban J connectivity index is 5.22. The second-order valence-electron chi connectivity index (χ2n) is 24.7. The first-order chi connectivity index (χ1) is 40.3. The minimum atomic E-state index is -4.95. The zero-order chi connectivity index (χ0) is 62.4. The lowest BCUT2D eigenvalue weighted by atomic mass is 9.99. The molecule has 0 aromatic carbocycles. The molecule has 0 aliphatic carbocycles. The Hall–Kier alpha value is -1.94. The molecule has 0 aliphatic heterocycles. The van der Waals surface area contributed by atoms with Crippen molar-refractivity contribution in [3.8, 4) is 0 Å². The summed E-state index contributed by atoms with van der Waals surface area (Å²) in [5.74, 6) is 0.110. The highest BCUT2D eigenvalue weighted by atomic mass is 31.2. The van der Waals surface area contributed by atoms with Crippen LogP contribution in [0.25, 0.3) is 0 Å². The molecule has 84 heavy (non-hydrogen) atoms. The summed E-state index contributed by atoms with van der Waals surface area (Å²) < 4.78 is 68.0. The molecule has 0 saturated heterocycles. The van der Waals surface area contributed by atoms with Crippen LogP contribution in [0.1, 0.15) is 318 Å². The highest BCUT2D eigenvalue weighted by Gasteiger charge is 2.30. The molecule has 0 radical (unpaired) electrons. The van der Waals surface area contributed by atoms with E-state index in [1.807, 2.05) is 0 Å². The number of aliphatic hydroxyl groups excluding tert-OH is 1. The van der Waals surface area contributed by atoms with Gasteiger partial charge in [0.15, 0.2) is 12.2 Å². The maximum atomic E-state index is 13.0. The van der Waals surface area contributed by atoms with E-state index >= 15 is 0 Å². The van der Waals surface area contributed by atoms with Crippen molar-refractivity contribution in [3.63, 3.8) is 0 Å². The van der Waals surface area contributed by atoms with Crippen molar-refractivity contribution < 1.29 is 80.2 Å². The zero-order valence-corrected chi connectivity index (χ0v) is 56.1. The van der Waals surface area contributed by atoms with Crippen LogP contribution in [-0.2, 0) is 65.4 Å². The molecule has 3 unspecified atom stereocenters. The van der Waals surface area contributed by atoms with Crippen molar-refractivity contribution >= 4 is 39.5 Å². The first-order valence-corrected chi connectivity index (χ1v) is 36.9. The summed E-state index contributed by atoms with van der Waals surface area (Å²) >= 11 is 0. The predicted octanol–water partition coefficient (Wildman–Crippen LogP) is 17.9. The van der Waals surface area contributed by atoms with Crippen LogP contribution in [0.5, 0.6) is 0 Å². The van der Waals surface area contributed by atoms with Crippen molar-refractivity contribution in [2.45, 2.75) is 336 Å². The minimum absolute atomic E-state index is 0.103. The molecule has 0 fully saturated rings.